The standard InChI is InChI=1S/C14H16N2O/c1-9-4-3-5-13-12(8-10(2)17)15-14(16(9)13)11-6-7-11/h3-5,11H,6-8H2,1-2H3. The molecule has 0 aromatic carbocycles. The molecule has 88 valence electrons. The van der Waals surface area contributed by atoms with Crippen LogP contribution in [0.1, 0.15) is 42.9 Å². The van der Waals surface area contributed by atoms with Gasteiger partial charge >= 0.3 is 0 Å². The van der Waals surface area contributed by atoms with Crippen molar-refractivity contribution in [1.29, 1.82) is 0 Å². The molecule has 1 fully saturated rings. The molecule has 0 amide bonds. The maximum Gasteiger partial charge on any atom is 0.135 e. The third-order valence-corrected chi connectivity index (χ3v) is 3.32. The minimum Gasteiger partial charge on any atom is -0.300 e. The third kappa shape index (κ3) is 1.75. The summed E-state index contributed by atoms with van der Waals surface area (Å²) in [6, 6.07) is 6.19. The number of carbonyl (C=O) groups excluding carboxylic acids is 1. The van der Waals surface area contributed by atoms with Crippen LogP contribution in [0.15, 0.2) is 18.2 Å². The quantitative estimate of drug-likeness (QED) is 0.809. The molecule has 1 saturated carbocycles. The van der Waals surface area contributed by atoms with Gasteiger partial charge in [-0.15, -0.1) is 0 Å². The van der Waals surface area contributed by atoms with Gasteiger partial charge in [-0.05, 0) is 38.8 Å². The predicted octanol–water partition coefficient (Wildman–Crippen LogP) is 2.65. The van der Waals surface area contributed by atoms with E-state index in [4.69, 9.17) is 4.98 Å². The normalized spacial score (nSPS) is 15.4. The van der Waals surface area contributed by atoms with Crippen molar-refractivity contribution < 1.29 is 4.79 Å². The molecule has 0 aliphatic heterocycles. The zero-order valence-corrected chi connectivity index (χ0v) is 10.2. The first kappa shape index (κ1) is 10.5. The monoisotopic (exact) mass is 228 g/mol. The van der Waals surface area contributed by atoms with E-state index < -0.39 is 0 Å². The van der Waals surface area contributed by atoms with E-state index >= 15 is 0 Å². The number of rotatable bonds is 3. The van der Waals surface area contributed by atoms with Crippen LogP contribution in [0, 0.1) is 6.92 Å². The van der Waals surface area contributed by atoms with Gasteiger partial charge in [0.2, 0.25) is 0 Å². The van der Waals surface area contributed by atoms with Crippen molar-refractivity contribution in [1.82, 2.24) is 9.38 Å². The predicted molar refractivity (Wildman–Crippen MR) is 66.3 cm³/mol. The number of hydrogen-bond acceptors (Lipinski definition) is 2. The first-order valence-corrected chi connectivity index (χ1v) is 6.13. The number of fused-ring (bicyclic) bond motifs is 1. The zero-order valence-electron chi connectivity index (χ0n) is 10.2. The molecule has 0 spiro atoms. The number of carbonyl (C=O) groups is 1. The van der Waals surface area contributed by atoms with E-state index in [1.807, 2.05) is 6.07 Å². The van der Waals surface area contributed by atoms with Crippen LogP contribution >= 0.6 is 0 Å². The van der Waals surface area contributed by atoms with Crippen molar-refractivity contribution >= 4 is 11.3 Å². The summed E-state index contributed by atoms with van der Waals surface area (Å²) in [6.07, 6.45) is 2.90. The van der Waals surface area contributed by atoms with Crippen molar-refractivity contribution in [2.45, 2.75) is 39.0 Å². The molecular weight excluding hydrogens is 212 g/mol. The zero-order chi connectivity index (χ0) is 12.0. The van der Waals surface area contributed by atoms with Gasteiger partial charge in [-0.25, -0.2) is 4.98 Å². The number of aromatic nitrogens is 2. The van der Waals surface area contributed by atoms with Crippen LogP contribution in [0.3, 0.4) is 0 Å². The summed E-state index contributed by atoms with van der Waals surface area (Å²) in [5.41, 5.74) is 3.23. The maximum absolute atomic E-state index is 11.3. The topological polar surface area (TPSA) is 34.4 Å². The molecule has 3 nitrogen and oxygen atoms in total. The molecule has 0 bridgehead atoms. The van der Waals surface area contributed by atoms with Crippen LogP contribution in [0.2, 0.25) is 0 Å². The summed E-state index contributed by atoms with van der Waals surface area (Å²) >= 11 is 0. The van der Waals surface area contributed by atoms with Gasteiger partial charge in [-0.3, -0.25) is 4.79 Å². The van der Waals surface area contributed by atoms with Gasteiger partial charge in [0.25, 0.3) is 0 Å². The molecule has 2 aromatic rings. The SMILES string of the molecule is CC(=O)Cc1nc(C2CC2)n2c(C)cccc12. The molecule has 2 heterocycles. The Morgan fingerprint density at radius 2 is 2.24 bits per heavy atom. The lowest BCUT2D eigenvalue weighted by Crippen LogP contribution is -1.97. The third-order valence-electron chi connectivity index (χ3n) is 3.32. The Bertz CT molecular complexity index is 594. The Balaban J connectivity index is 2.22. The van der Waals surface area contributed by atoms with Gasteiger partial charge in [0, 0.05) is 11.6 Å². The van der Waals surface area contributed by atoms with Gasteiger partial charge in [0.15, 0.2) is 0 Å². The van der Waals surface area contributed by atoms with Crippen molar-refractivity contribution in [2.75, 3.05) is 0 Å². The van der Waals surface area contributed by atoms with Crippen LogP contribution < -0.4 is 0 Å². The van der Waals surface area contributed by atoms with Crippen LogP contribution in [-0.4, -0.2) is 15.2 Å². The van der Waals surface area contributed by atoms with Crippen molar-refractivity contribution in [3.63, 3.8) is 0 Å². The number of hydrogen-bond donors (Lipinski definition) is 0. The molecule has 0 unspecified atom stereocenters. The molecule has 1 aliphatic carbocycles. The van der Waals surface area contributed by atoms with Crippen molar-refractivity contribution in [2.24, 2.45) is 0 Å². The molecule has 2 aromatic heterocycles. The van der Waals surface area contributed by atoms with E-state index in [2.05, 4.69) is 23.5 Å². The molecule has 0 radical (unpaired) electrons. The van der Waals surface area contributed by atoms with Gasteiger partial charge in [0.05, 0.1) is 17.6 Å². The maximum atomic E-state index is 11.3. The largest absolute Gasteiger partial charge is 0.300 e. The summed E-state index contributed by atoms with van der Waals surface area (Å²) < 4.78 is 2.22. The van der Waals surface area contributed by atoms with E-state index in [0.29, 0.717) is 12.3 Å². The van der Waals surface area contributed by atoms with Crippen molar-refractivity contribution in [3.8, 4) is 0 Å². The van der Waals surface area contributed by atoms with Crippen molar-refractivity contribution in [3.05, 3.63) is 35.4 Å². The first-order chi connectivity index (χ1) is 8.16. The lowest BCUT2D eigenvalue weighted by Gasteiger charge is -2.03. The average Bonchev–Trinajstić information content (AvgIpc) is 3.03. The molecule has 0 saturated heterocycles. The Hall–Kier alpha value is -1.64. The lowest BCUT2D eigenvalue weighted by molar-refractivity contribution is -0.116. The second-order valence-electron chi connectivity index (χ2n) is 4.96. The average molecular weight is 228 g/mol. The van der Waals surface area contributed by atoms with E-state index in [-0.39, 0.29) is 5.78 Å². The summed E-state index contributed by atoms with van der Waals surface area (Å²) in [4.78, 5) is 16.0. The Morgan fingerprint density at radius 3 is 2.88 bits per heavy atom. The Kier molecular flexibility index (Phi) is 2.28. The smallest absolute Gasteiger partial charge is 0.135 e. The summed E-state index contributed by atoms with van der Waals surface area (Å²) in [5.74, 6) is 1.92. The van der Waals surface area contributed by atoms with Gasteiger partial charge in [-0.1, -0.05) is 6.07 Å². The first-order valence-electron chi connectivity index (χ1n) is 6.13. The molecule has 3 heteroatoms. The highest BCUT2D eigenvalue weighted by atomic mass is 16.1. The second-order valence-corrected chi connectivity index (χ2v) is 4.96. The van der Waals surface area contributed by atoms with E-state index in [9.17, 15) is 4.79 Å². The molecule has 17 heavy (non-hydrogen) atoms. The number of pyridine rings is 1. The molecule has 0 atom stereocenters. The Morgan fingerprint density at radius 1 is 1.47 bits per heavy atom. The minimum absolute atomic E-state index is 0.175. The summed E-state index contributed by atoms with van der Waals surface area (Å²) in [7, 11) is 0. The summed E-state index contributed by atoms with van der Waals surface area (Å²) in [6.45, 7) is 3.72. The number of Topliss-reactive ketones (excluding diaryl/α,β-unsaturated/α-hetero) is 1. The molecule has 3 rings (SSSR count). The van der Waals surface area contributed by atoms with Gasteiger partial charge in [-0.2, -0.15) is 0 Å². The lowest BCUT2D eigenvalue weighted by atomic mass is 10.2. The highest BCUT2D eigenvalue weighted by molar-refractivity contribution is 5.80. The van der Waals surface area contributed by atoms with Crippen LogP contribution in [0.4, 0.5) is 0 Å². The fourth-order valence-corrected chi connectivity index (χ4v) is 2.37. The van der Waals surface area contributed by atoms with Gasteiger partial charge < -0.3 is 4.40 Å². The number of ketones is 1. The van der Waals surface area contributed by atoms with Gasteiger partial charge in [0.1, 0.15) is 11.6 Å². The second kappa shape index (κ2) is 3.69. The van der Waals surface area contributed by atoms with Crippen LogP contribution in [0.5, 0.6) is 0 Å². The minimum atomic E-state index is 0.175. The molecular formula is C14H16N2O. The van der Waals surface area contributed by atoms with E-state index in [1.165, 1.54) is 18.5 Å². The molecule has 0 N–H and O–H groups in total. The molecule has 1 aliphatic rings. The summed E-state index contributed by atoms with van der Waals surface area (Å²) in [5, 5.41) is 0. The fraction of sp³-hybridized carbons (Fsp3) is 0.429. The highest BCUT2D eigenvalue weighted by Gasteiger charge is 2.29. The fourth-order valence-electron chi connectivity index (χ4n) is 2.37. The number of aryl methyl sites for hydroxylation is 1. The van der Waals surface area contributed by atoms with E-state index in [0.717, 1.165) is 17.0 Å². The number of nitrogens with zero attached hydrogens (tertiary/aromatic N) is 2. The Labute approximate surface area is 100 Å². The van der Waals surface area contributed by atoms with E-state index in [1.54, 1.807) is 6.92 Å². The number of imidazole rings is 1. The van der Waals surface area contributed by atoms with Crippen LogP contribution in [0.25, 0.3) is 5.52 Å². The highest BCUT2D eigenvalue weighted by Crippen LogP contribution is 2.40. The van der Waals surface area contributed by atoms with Crippen LogP contribution in [-0.2, 0) is 11.2 Å².